The first-order valence-corrected chi connectivity index (χ1v) is 8.30. The fraction of sp³-hybridized carbons (Fsp3) is 0.421. The molecule has 0 spiro atoms. The third-order valence-corrected chi connectivity index (χ3v) is 5.11. The Morgan fingerprint density at radius 1 is 1.29 bits per heavy atom. The second-order valence-corrected chi connectivity index (χ2v) is 6.60. The first-order valence-electron chi connectivity index (χ1n) is 8.30. The molecule has 2 aliphatic rings. The van der Waals surface area contributed by atoms with Crippen molar-refractivity contribution in [1.82, 2.24) is 9.88 Å². The van der Waals surface area contributed by atoms with Crippen LogP contribution in [0.2, 0.25) is 0 Å². The molecule has 126 valence electrons. The molecule has 1 saturated heterocycles. The summed E-state index contributed by atoms with van der Waals surface area (Å²) in [6, 6.07) is 9.07. The lowest BCUT2D eigenvalue weighted by molar-refractivity contribution is 0.0981. The Morgan fingerprint density at radius 3 is 2.92 bits per heavy atom. The van der Waals surface area contributed by atoms with Crippen LogP contribution in [0.15, 0.2) is 42.7 Å². The molecule has 1 aromatic carbocycles. The summed E-state index contributed by atoms with van der Waals surface area (Å²) < 4.78 is 25.2. The second kappa shape index (κ2) is 6.49. The maximum absolute atomic E-state index is 13.8. The van der Waals surface area contributed by atoms with E-state index in [9.17, 15) is 4.39 Å². The minimum absolute atomic E-state index is 0.165. The lowest BCUT2D eigenvalue weighted by Crippen LogP contribution is -2.32. The average molecular weight is 328 g/mol. The highest BCUT2D eigenvalue weighted by atomic mass is 19.1. The fourth-order valence-corrected chi connectivity index (χ4v) is 4.08. The zero-order chi connectivity index (χ0) is 16.5. The van der Waals surface area contributed by atoms with Crippen molar-refractivity contribution in [3.8, 4) is 5.75 Å². The third-order valence-electron chi connectivity index (χ3n) is 5.11. The minimum Gasteiger partial charge on any atom is -0.493 e. The summed E-state index contributed by atoms with van der Waals surface area (Å²) in [7, 11) is 1.73. The van der Waals surface area contributed by atoms with Crippen molar-refractivity contribution in [1.29, 1.82) is 0 Å². The van der Waals surface area contributed by atoms with Gasteiger partial charge < -0.3 is 9.47 Å². The van der Waals surface area contributed by atoms with E-state index in [1.54, 1.807) is 19.2 Å². The van der Waals surface area contributed by atoms with Crippen molar-refractivity contribution in [2.24, 2.45) is 11.8 Å². The van der Waals surface area contributed by atoms with E-state index in [1.165, 1.54) is 11.6 Å². The van der Waals surface area contributed by atoms with Crippen LogP contribution >= 0.6 is 0 Å². The molecule has 3 atom stereocenters. The van der Waals surface area contributed by atoms with Crippen LogP contribution in [-0.4, -0.2) is 36.8 Å². The van der Waals surface area contributed by atoms with Gasteiger partial charge in [0, 0.05) is 56.0 Å². The number of fused-ring (bicyclic) bond motifs is 3. The van der Waals surface area contributed by atoms with Gasteiger partial charge in [-0.15, -0.1) is 0 Å². The zero-order valence-electron chi connectivity index (χ0n) is 13.7. The Hall–Kier alpha value is -1.98. The van der Waals surface area contributed by atoms with Crippen LogP contribution in [0.25, 0.3) is 0 Å². The number of halogens is 1. The van der Waals surface area contributed by atoms with Gasteiger partial charge in [0.2, 0.25) is 0 Å². The molecule has 2 aliphatic heterocycles. The predicted molar refractivity (Wildman–Crippen MR) is 88.1 cm³/mol. The summed E-state index contributed by atoms with van der Waals surface area (Å²) >= 11 is 0. The van der Waals surface area contributed by atoms with Crippen molar-refractivity contribution >= 4 is 0 Å². The molecule has 3 heterocycles. The smallest absolute Gasteiger partial charge is 0.124 e. The first-order chi connectivity index (χ1) is 11.8. The molecule has 0 N–H and O–H groups in total. The van der Waals surface area contributed by atoms with E-state index in [4.69, 9.17) is 9.47 Å². The molecule has 0 aliphatic carbocycles. The molecule has 24 heavy (non-hydrogen) atoms. The number of methoxy groups -OCH3 is 1. The number of nitrogens with zero attached hydrogens (tertiary/aromatic N) is 2. The molecule has 1 aromatic heterocycles. The first kappa shape index (κ1) is 15.5. The number of hydrogen-bond donors (Lipinski definition) is 0. The third kappa shape index (κ3) is 2.78. The highest BCUT2D eigenvalue weighted by molar-refractivity contribution is 5.39. The Kier molecular flexibility index (Phi) is 4.21. The number of rotatable bonds is 4. The maximum Gasteiger partial charge on any atom is 0.124 e. The van der Waals surface area contributed by atoms with Gasteiger partial charge in [0.1, 0.15) is 11.6 Å². The van der Waals surface area contributed by atoms with Gasteiger partial charge in [-0.2, -0.15) is 0 Å². The predicted octanol–water partition coefficient (Wildman–Crippen LogP) is 3.05. The zero-order valence-corrected chi connectivity index (χ0v) is 13.7. The number of benzene rings is 1. The van der Waals surface area contributed by atoms with Crippen molar-refractivity contribution in [2.45, 2.75) is 12.6 Å². The molecule has 4 nitrogen and oxygen atoms in total. The number of aromatic nitrogens is 1. The van der Waals surface area contributed by atoms with Crippen molar-refractivity contribution in [3.05, 3.63) is 59.7 Å². The van der Waals surface area contributed by atoms with E-state index in [1.807, 2.05) is 24.5 Å². The molecular weight excluding hydrogens is 307 g/mol. The Bertz CT molecular complexity index is 710. The standard InChI is InChI=1S/C19H21FN2O2/c1-23-11-14-10-22(9-13-4-6-21-7-5-13)19-16-8-15(20)2-3-18(16)24-12-17(14)19/h2-8,14,17,19H,9-12H2,1H3/t14-,17-,19-/m0/s1. The van der Waals surface area contributed by atoms with Gasteiger partial charge in [0.05, 0.1) is 13.2 Å². The van der Waals surface area contributed by atoms with Gasteiger partial charge in [-0.3, -0.25) is 9.88 Å². The van der Waals surface area contributed by atoms with Crippen LogP contribution in [0, 0.1) is 17.7 Å². The van der Waals surface area contributed by atoms with E-state index in [2.05, 4.69) is 9.88 Å². The summed E-state index contributed by atoms with van der Waals surface area (Å²) in [6.07, 6.45) is 3.63. The van der Waals surface area contributed by atoms with Gasteiger partial charge in [-0.05, 0) is 35.9 Å². The molecule has 5 heteroatoms. The number of pyridine rings is 1. The van der Waals surface area contributed by atoms with E-state index < -0.39 is 0 Å². The largest absolute Gasteiger partial charge is 0.493 e. The average Bonchev–Trinajstić information content (AvgIpc) is 2.94. The molecule has 2 aromatic rings. The van der Waals surface area contributed by atoms with Crippen LogP contribution in [0.5, 0.6) is 5.75 Å². The van der Waals surface area contributed by atoms with Gasteiger partial charge >= 0.3 is 0 Å². The van der Waals surface area contributed by atoms with Gasteiger partial charge in [0.15, 0.2) is 0 Å². The Balaban J connectivity index is 1.68. The summed E-state index contributed by atoms with van der Waals surface area (Å²) in [4.78, 5) is 6.51. The molecule has 1 fully saturated rings. The van der Waals surface area contributed by atoms with E-state index in [0.29, 0.717) is 25.0 Å². The van der Waals surface area contributed by atoms with E-state index in [-0.39, 0.29) is 11.9 Å². The Labute approximate surface area is 141 Å². The molecule has 0 saturated carbocycles. The van der Waals surface area contributed by atoms with Gasteiger partial charge in [0.25, 0.3) is 0 Å². The summed E-state index contributed by atoms with van der Waals surface area (Å²) in [5.74, 6) is 1.30. The highest BCUT2D eigenvalue weighted by Crippen LogP contribution is 2.48. The van der Waals surface area contributed by atoms with Crippen LogP contribution in [-0.2, 0) is 11.3 Å². The fourth-order valence-electron chi connectivity index (χ4n) is 4.08. The maximum atomic E-state index is 13.8. The van der Waals surface area contributed by atoms with Crippen molar-refractivity contribution in [3.63, 3.8) is 0 Å². The van der Waals surface area contributed by atoms with Crippen LogP contribution < -0.4 is 4.74 Å². The number of ether oxygens (including phenoxy) is 2. The van der Waals surface area contributed by atoms with Gasteiger partial charge in [-0.25, -0.2) is 4.39 Å². The molecule has 0 amide bonds. The molecule has 0 unspecified atom stereocenters. The minimum atomic E-state index is -0.211. The second-order valence-electron chi connectivity index (χ2n) is 6.60. The van der Waals surface area contributed by atoms with E-state index in [0.717, 1.165) is 24.4 Å². The lowest BCUT2D eigenvalue weighted by Gasteiger charge is -2.34. The Morgan fingerprint density at radius 2 is 2.12 bits per heavy atom. The molecule has 0 radical (unpaired) electrons. The van der Waals surface area contributed by atoms with Crippen molar-refractivity contribution < 1.29 is 13.9 Å². The van der Waals surface area contributed by atoms with Crippen LogP contribution in [0.1, 0.15) is 17.2 Å². The monoisotopic (exact) mass is 328 g/mol. The van der Waals surface area contributed by atoms with Crippen molar-refractivity contribution in [2.75, 3.05) is 26.9 Å². The topological polar surface area (TPSA) is 34.6 Å². The summed E-state index contributed by atoms with van der Waals surface area (Å²) in [6.45, 7) is 3.09. The summed E-state index contributed by atoms with van der Waals surface area (Å²) in [5, 5.41) is 0. The lowest BCUT2D eigenvalue weighted by atomic mass is 9.85. The van der Waals surface area contributed by atoms with Crippen LogP contribution in [0.3, 0.4) is 0 Å². The number of likely N-dealkylation sites (tertiary alicyclic amines) is 1. The SMILES string of the molecule is COC[C@@H]1CN(Cc2ccncc2)[C@H]2c3cc(F)ccc3OC[C@@H]12. The molecule has 0 bridgehead atoms. The number of hydrogen-bond acceptors (Lipinski definition) is 4. The molecule has 4 rings (SSSR count). The summed E-state index contributed by atoms with van der Waals surface area (Å²) in [5.41, 5.74) is 2.17. The van der Waals surface area contributed by atoms with Gasteiger partial charge in [-0.1, -0.05) is 0 Å². The highest BCUT2D eigenvalue weighted by Gasteiger charge is 2.46. The quantitative estimate of drug-likeness (QED) is 0.864. The van der Waals surface area contributed by atoms with Crippen LogP contribution in [0.4, 0.5) is 4.39 Å². The van der Waals surface area contributed by atoms with E-state index >= 15 is 0 Å². The normalized spacial score (nSPS) is 25.8. The molecular formula is C19H21FN2O2.